The van der Waals surface area contributed by atoms with Crippen LogP contribution in [0.4, 0.5) is 0 Å². The van der Waals surface area contributed by atoms with Crippen molar-refractivity contribution < 1.29 is 13.2 Å². The first-order valence-electron chi connectivity index (χ1n) is 8.03. The highest BCUT2D eigenvalue weighted by Gasteiger charge is 2.30. The van der Waals surface area contributed by atoms with Gasteiger partial charge in [0.25, 0.3) is 5.91 Å². The summed E-state index contributed by atoms with van der Waals surface area (Å²) in [6, 6.07) is 6.49. The first-order valence-corrected chi connectivity index (χ1v) is 9.51. The lowest BCUT2D eigenvalue weighted by Crippen LogP contribution is -2.46. The van der Waals surface area contributed by atoms with Crippen molar-refractivity contribution in [3.05, 3.63) is 42.5 Å². The van der Waals surface area contributed by atoms with Crippen LogP contribution in [0.25, 0.3) is 0 Å². The molecule has 1 aliphatic rings. The third-order valence-electron chi connectivity index (χ3n) is 4.28. The zero-order valence-electron chi connectivity index (χ0n) is 14.2. The Bertz CT molecular complexity index is 701. The highest BCUT2D eigenvalue weighted by atomic mass is 32.2. The van der Waals surface area contributed by atoms with E-state index in [9.17, 15) is 13.2 Å². The van der Waals surface area contributed by atoms with Crippen LogP contribution in [0.15, 0.2) is 41.8 Å². The molecule has 0 aliphatic heterocycles. The van der Waals surface area contributed by atoms with Crippen molar-refractivity contribution in [2.45, 2.75) is 36.2 Å². The SMILES string of the molecule is C=CCNS(=O)(=O)c1cccc(C(=O)NC2CCCC2N(C)C)c1. The fourth-order valence-corrected chi connectivity index (χ4v) is 4.08. The predicted molar refractivity (Wildman–Crippen MR) is 94.4 cm³/mol. The molecule has 2 rings (SSSR count). The van der Waals surface area contributed by atoms with Crippen LogP contribution in [0.3, 0.4) is 0 Å². The fraction of sp³-hybridized carbons (Fsp3) is 0.471. The summed E-state index contributed by atoms with van der Waals surface area (Å²) in [5, 5.41) is 3.04. The Balaban J connectivity index is 2.13. The third-order valence-corrected chi connectivity index (χ3v) is 5.70. The highest BCUT2D eigenvalue weighted by molar-refractivity contribution is 7.89. The molecule has 0 spiro atoms. The number of benzene rings is 1. The maximum atomic E-state index is 12.5. The van der Waals surface area contributed by atoms with Crippen molar-refractivity contribution in [2.75, 3.05) is 20.6 Å². The molecule has 1 aromatic carbocycles. The van der Waals surface area contributed by atoms with Crippen LogP contribution >= 0.6 is 0 Å². The quantitative estimate of drug-likeness (QED) is 0.727. The number of nitrogens with one attached hydrogen (secondary N) is 2. The first-order chi connectivity index (χ1) is 11.3. The number of hydrogen-bond donors (Lipinski definition) is 2. The molecule has 2 atom stereocenters. The van der Waals surface area contributed by atoms with E-state index in [0.29, 0.717) is 11.6 Å². The molecular formula is C17H25N3O3S. The molecule has 0 aromatic heterocycles. The van der Waals surface area contributed by atoms with E-state index in [1.807, 2.05) is 14.1 Å². The van der Waals surface area contributed by atoms with Crippen molar-refractivity contribution in [1.29, 1.82) is 0 Å². The van der Waals surface area contributed by atoms with E-state index in [1.54, 1.807) is 12.1 Å². The Hall–Kier alpha value is -1.70. The van der Waals surface area contributed by atoms with Gasteiger partial charge >= 0.3 is 0 Å². The molecule has 1 aromatic rings. The Morgan fingerprint density at radius 2 is 2.12 bits per heavy atom. The summed E-state index contributed by atoms with van der Waals surface area (Å²) in [6.45, 7) is 3.63. The molecule has 0 saturated heterocycles. The van der Waals surface area contributed by atoms with Crippen LogP contribution < -0.4 is 10.0 Å². The number of amides is 1. The first kappa shape index (κ1) is 18.6. The third kappa shape index (κ3) is 4.43. The zero-order chi connectivity index (χ0) is 17.7. The van der Waals surface area contributed by atoms with Gasteiger partial charge in [0, 0.05) is 24.2 Å². The number of nitrogens with zero attached hydrogens (tertiary/aromatic N) is 1. The summed E-state index contributed by atoms with van der Waals surface area (Å²) in [7, 11) is 0.376. The summed E-state index contributed by atoms with van der Waals surface area (Å²) >= 11 is 0. The van der Waals surface area contributed by atoms with E-state index in [0.717, 1.165) is 19.3 Å². The van der Waals surface area contributed by atoms with E-state index < -0.39 is 10.0 Å². The molecule has 2 N–H and O–H groups in total. The zero-order valence-corrected chi connectivity index (χ0v) is 15.0. The molecule has 0 bridgehead atoms. The lowest BCUT2D eigenvalue weighted by Gasteiger charge is -2.27. The van der Waals surface area contributed by atoms with Crippen LogP contribution in [-0.2, 0) is 10.0 Å². The summed E-state index contributed by atoms with van der Waals surface area (Å²) in [5.74, 6) is -0.241. The summed E-state index contributed by atoms with van der Waals surface area (Å²) in [6.07, 6.45) is 4.54. The van der Waals surface area contributed by atoms with Crippen molar-refractivity contribution in [2.24, 2.45) is 0 Å². The Morgan fingerprint density at radius 1 is 1.38 bits per heavy atom. The molecule has 1 saturated carbocycles. The lowest BCUT2D eigenvalue weighted by atomic mass is 10.1. The van der Waals surface area contributed by atoms with Gasteiger partial charge in [-0.25, -0.2) is 13.1 Å². The number of carbonyl (C=O) groups is 1. The molecular weight excluding hydrogens is 326 g/mol. The Morgan fingerprint density at radius 3 is 2.79 bits per heavy atom. The van der Waals surface area contributed by atoms with E-state index in [2.05, 4.69) is 21.5 Å². The van der Waals surface area contributed by atoms with Gasteiger partial charge in [-0.3, -0.25) is 4.79 Å². The molecule has 6 nitrogen and oxygen atoms in total. The minimum absolute atomic E-state index is 0.0765. The molecule has 2 unspecified atom stereocenters. The topological polar surface area (TPSA) is 78.5 Å². The monoisotopic (exact) mass is 351 g/mol. The number of rotatable bonds is 7. The maximum Gasteiger partial charge on any atom is 0.251 e. The van der Waals surface area contributed by atoms with Crippen molar-refractivity contribution >= 4 is 15.9 Å². The smallest absolute Gasteiger partial charge is 0.251 e. The predicted octanol–water partition coefficient (Wildman–Crippen LogP) is 1.36. The van der Waals surface area contributed by atoms with Crippen LogP contribution in [0, 0.1) is 0 Å². The van der Waals surface area contributed by atoms with E-state index in [-0.39, 0.29) is 23.4 Å². The number of carbonyl (C=O) groups excluding carboxylic acids is 1. The van der Waals surface area contributed by atoms with E-state index in [1.165, 1.54) is 18.2 Å². The number of likely N-dealkylation sites (N-methyl/N-ethyl adjacent to an activating group) is 1. The standard InChI is InChI=1S/C17H25N3O3S/c1-4-11-18-24(22,23)14-8-5-7-13(12-14)17(21)19-15-9-6-10-16(15)20(2)3/h4-5,7-8,12,15-16,18H,1,6,9-11H2,2-3H3,(H,19,21). The van der Waals surface area contributed by atoms with Crippen molar-refractivity contribution in [1.82, 2.24) is 14.9 Å². The molecule has 1 amide bonds. The van der Waals surface area contributed by atoms with Crippen LogP contribution in [0.5, 0.6) is 0 Å². The van der Waals surface area contributed by atoms with Gasteiger partial charge in [0.1, 0.15) is 0 Å². The van der Waals surface area contributed by atoms with Gasteiger partial charge < -0.3 is 10.2 Å². The van der Waals surface area contributed by atoms with Gasteiger partial charge in [-0.2, -0.15) is 0 Å². The molecule has 0 radical (unpaired) electrons. The molecule has 0 heterocycles. The largest absolute Gasteiger partial charge is 0.348 e. The van der Waals surface area contributed by atoms with Gasteiger partial charge in [0.05, 0.1) is 4.90 Å². The van der Waals surface area contributed by atoms with E-state index in [4.69, 9.17) is 0 Å². The van der Waals surface area contributed by atoms with E-state index >= 15 is 0 Å². The van der Waals surface area contributed by atoms with Crippen molar-refractivity contribution in [3.8, 4) is 0 Å². The normalized spacial score (nSPS) is 21.0. The second-order valence-electron chi connectivity index (χ2n) is 6.21. The van der Waals surface area contributed by atoms with Gasteiger partial charge in [-0.15, -0.1) is 6.58 Å². The maximum absolute atomic E-state index is 12.5. The second-order valence-corrected chi connectivity index (χ2v) is 7.98. The Labute approximate surface area is 144 Å². The average molecular weight is 351 g/mol. The molecule has 7 heteroatoms. The van der Waals surface area contributed by atoms with Crippen molar-refractivity contribution in [3.63, 3.8) is 0 Å². The van der Waals surface area contributed by atoms with Crippen LogP contribution in [0.1, 0.15) is 29.6 Å². The molecule has 132 valence electrons. The van der Waals surface area contributed by atoms with Gasteiger partial charge in [-0.05, 0) is 51.6 Å². The fourth-order valence-electron chi connectivity index (χ4n) is 3.04. The lowest BCUT2D eigenvalue weighted by molar-refractivity contribution is 0.0919. The summed E-state index contributed by atoms with van der Waals surface area (Å²) < 4.78 is 26.7. The minimum atomic E-state index is -3.64. The summed E-state index contributed by atoms with van der Waals surface area (Å²) in [4.78, 5) is 14.7. The van der Waals surface area contributed by atoms with Gasteiger partial charge in [0.15, 0.2) is 0 Å². The average Bonchev–Trinajstić information content (AvgIpc) is 3.01. The molecule has 1 aliphatic carbocycles. The second kappa shape index (κ2) is 7.92. The highest BCUT2D eigenvalue weighted by Crippen LogP contribution is 2.23. The van der Waals surface area contributed by atoms with Crippen LogP contribution in [0.2, 0.25) is 0 Å². The number of sulfonamides is 1. The minimum Gasteiger partial charge on any atom is -0.348 e. The number of hydrogen-bond acceptors (Lipinski definition) is 4. The van der Waals surface area contributed by atoms with Crippen LogP contribution in [-0.4, -0.2) is 51.9 Å². The Kier molecular flexibility index (Phi) is 6.15. The van der Waals surface area contributed by atoms with Gasteiger partial charge in [0.2, 0.25) is 10.0 Å². The molecule has 1 fully saturated rings. The summed E-state index contributed by atoms with van der Waals surface area (Å²) in [5.41, 5.74) is 0.348. The molecule has 24 heavy (non-hydrogen) atoms. The van der Waals surface area contributed by atoms with Gasteiger partial charge in [-0.1, -0.05) is 12.1 Å².